The van der Waals surface area contributed by atoms with Crippen LogP contribution in [0.5, 0.6) is 0 Å². The Bertz CT molecular complexity index is 512. The number of thioether (sulfide) groups is 1. The van der Waals surface area contributed by atoms with E-state index in [1.807, 2.05) is 13.0 Å². The van der Waals surface area contributed by atoms with Gasteiger partial charge >= 0.3 is 0 Å². The summed E-state index contributed by atoms with van der Waals surface area (Å²) in [6.07, 6.45) is 1.95. The van der Waals surface area contributed by atoms with Crippen molar-refractivity contribution in [2.45, 2.75) is 37.1 Å². The van der Waals surface area contributed by atoms with E-state index < -0.39 is 0 Å². The van der Waals surface area contributed by atoms with Crippen molar-refractivity contribution in [2.24, 2.45) is 0 Å². The van der Waals surface area contributed by atoms with Crippen LogP contribution in [-0.4, -0.2) is 15.2 Å². The number of hydrogen-bond acceptors (Lipinski definition) is 3. The van der Waals surface area contributed by atoms with Gasteiger partial charge in [0.15, 0.2) is 0 Å². The second-order valence-corrected chi connectivity index (χ2v) is 5.44. The maximum atomic E-state index is 13.1. The molecule has 1 heterocycles. The highest BCUT2D eigenvalue weighted by Gasteiger charge is 2.11. The molecule has 0 bridgehead atoms. The van der Waals surface area contributed by atoms with Crippen molar-refractivity contribution < 1.29 is 4.39 Å². The molecule has 18 heavy (non-hydrogen) atoms. The molecule has 5 heteroatoms. The molecular formula is C13H16FN3S. The summed E-state index contributed by atoms with van der Waals surface area (Å²) in [6.45, 7) is 4.13. The number of rotatable bonds is 5. The van der Waals surface area contributed by atoms with Gasteiger partial charge in [-0.05, 0) is 31.0 Å². The van der Waals surface area contributed by atoms with Gasteiger partial charge in [-0.15, -0.1) is 5.10 Å². The van der Waals surface area contributed by atoms with Crippen molar-refractivity contribution in [3.8, 4) is 0 Å². The van der Waals surface area contributed by atoms with Gasteiger partial charge in [0.1, 0.15) is 11.6 Å². The first-order chi connectivity index (χ1) is 8.69. The van der Waals surface area contributed by atoms with Crippen molar-refractivity contribution in [2.75, 3.05) is 0 Å². The number of hydrogen-bond donors (Lipinski definition) is 1. The Morgan fingerprint density at radius 3 is 3.00 bits per heavy atom. The second kappa shape index (κ2) is 6.00. The number of H-pyrrole nitrogens is 1. The molecule has 0 radical (unpaired) electrons. The molecule has 0 aliphatic carbocycles. The average Bonchev–Trinajstić information content (AvgIpc) is 2.77. The molecule has 0 saturated heterocycles. The number of nitrogens with one attached hydrogen (secondary N) is 1. The van der Waals surface area contributed by atoms with E-state index in [1.165, 1.54) is 17.8 Å². The molecule has 0 saturated carbocycles. The molecular weight excluding hydrogens is 249 g/mol. The third-order valence-corrected chi connectivity index (χ3v) is 3.62. The van der Waals surface area contributed by atoms with Crippen LogP contribution in [-0.2, 0) is 6.42 Å². The first-order valence-corrected chi connectivity index (χ1v) is 6.90. The highest BCUT2D eigenvalue weighted by Crippen LogP contribution is 2.32. The zero-order valence-corrected chi connectivity index (χ0v) is 11.3. The molecule has 2 rings (SSSR count). The van der Waals surface area contributed by atoms with Gasteiger partial charge in [-0.2, -0.15) is 0 Å². The molecule has 1 aromatic heterocycles. The van der Waals surface area contributed by atoms with E-state index in [1.54, 1.807) is 12.1 Å². The molecule has 1 atom stereocenters. The Labute approximate surface area is 110 Å². The molecule has 96 valence electrons. The van der Waals surface area contributed by atoms with Crippen molar-refractivity contribution in [1.82, 2.24) is 15.2 Å². The molecule has 2 aromatic rings. The van der Waals surface area contributed by atoms with Crippen molar-refractivity contribution in [1.29, 1.82) is 0 Å². The zero-order valence-electron chi connectivity index (χ0n) is 10.5. The minimum atomic E-state index is -0.207. The molecule has 0 unspecified atom stereocenters. The van der Waals surface area contributed by atoms with E-state index in [4.69, 9.17) is 0 Å². The largest absolute Gasteiger partial charge is 0.262 e. The summed E-state index contributed by atoms with van der Waals surface area (Å²) >= 11 is 1.53. The summed E-state index contributed by atoms with van der Waals surface area (Å²) < 4.78 is 13.1. The van der Waals surface area contributed by atoms with Gasteiger partial charge in [-0.3, -0.25) is 5.10 Å². The van der Waals surface area contributed by atoms with E-state index >= 15 is 0 Å². The smallest absolute Gasteiger partial charge is 0.209 e. The summed E-state index contributed by atoms with van der Waals surface area (Å²) in [4.78, 5) is 4.39. The Morgan fingerprint density at radius 2 is 2.28 bits per heavy atom. The standard InChI is InChI=1S/C13H16FN3S/c1-3-5-12-15-13(17-16-12)18-9(2)10-6-4-7-11(14)8-10/h4,6-9H,3,5H2,1-2H3,(H,15,16,17)/t9-/m0/s1. The molecule has 0 aliphatic rings. The van der Waals surface area contributed by atoms with Gasteiger partial charge in [0, 0.05) is 11.7 Å². The second-order valence-electron chi connectivity index (χ2n) is 4.13. The molecule has 1 aromatic carbocycles. The number of aromatic nitrogens is 3. The Kier molecular flexibility index (Phi) is 4.36. The van der Waals surface area contributed by atoms with Crippen molar-refractivity contribution in [3.05, 3.63) is 41.5 Å². The summed E-state index contributed by atoms with van der Waals surface area (Å²) in [5, 5.41) is 7.92. The van der Waals surface area contributed by atoms with E-state index in [0.29, 0.717) is 0 Å². The van der Waals surface area contributed by atoms with Crippen LogP contribution < -0.4 is 0 Å². The van der Waals surface area contributed by atoms with Gasteiger partial charge in [0.05, 0.1) is 0 Å². The zero-order chi connectivity index (χ0) is 13.0. The summed E-state index contributed by atoms with van der Waals surface area (Å²) in [5.74, 6) is 0.702. The molecule has 1 N–H and O–H groups in total. The molecule has 0 spiro atoms. The first kappa shape index (κ1) is 13.1. The minimum Gasteiger partial charge on any atom is -0.262 e. The third-order valence-electron chi connectivity index (χ3n) is 2.60. The fraction of sp³-hybridized carbons (Fsp3) is 0.385. The lowest BCUT2D eigenvalue weighted by Crippen LogP contribution is -1.90. The summed E-state index contributed by atoms with van der Waals surface area (Å²) in [7, 11) is 0. The van der Waals surface area contributed by atoms with Crippen LogP contribution in [0.2, 0.25) is 0 Å². The van der Waals surface area contributed by atoms with E-state index in [-0.39, 0.29) is 11.1 Å². The predicted octanol–water partition coefficient (Wildman–Crippen LogP) is 3.75. The molecule has 0 aliphatic heterocycles. The van der Waals surface area contributed by atoms with Gasteiger partial charge in [0.25, 0.3) is 0 Å². The predicted molar refractivity (Wildman–Crippen MR) is 71.0 cm³/mol. The highest BCUT2D eigenvalue weighted by atomic mass is 32.2. The van der Waals surface area contributed by atoms with Gasteiger partial charge in [-0.1, -0.05) is 30.8 Å². The van der Waals surface area contributed by atoms with Gasteiger partial charge in [-0.25, -0.2) is 9.37 Å². The summed E-state index contributed by atoms with van der Waals surface area (Å²) in [6, 6.07) is 6.65. The van der Waals surface area contributed by atoms with Crippen LogP contribution in [0.3, 0.4) is 0 Å². The number of halogens is 1. The first-order valence-electron chi connectivity index (χ1n) is 6.02. The van der Waals surface area contributed by atoms with Crippen molar-refractivity contribution in [3.63, 3.8) is 0 Å². The molecule has 0 fully saturated rings. The van der Waals surface area contributed by atoms with Gasteiger partial charge in [0.2, 0.25) is 5.16 Å². The maximum Gasteiger partial charge on any atom is 0.209 e. The van der Waals surface area contributed by atoms with Gasteiger partial charge < -0.3 is 0 Å². The van der Waals surface area contributed by atoms with Crippen LogP contribution in [0.25, 0.3) is 0 Å². The average molecular weight is 265 g/mol. The van der Waals surface area contributed by atoms with E-state index in [9.17, 15) is 4.39 Å². The minimum absolute atomic E-state index is 0.131. The lowest BCUT2D eigenvalue weighted by Gasteiger charge is -2.08. The fourth-order valence-electron chi connectivity index (χ4n) is 1.66. The maximum absolute atomic E-state index is 13.1. The Morgan fingerprint density at radius 1 is 1.44 bits per heavy atom. The van der Waals surface area contributed by atoms with Crippen LogP contribution in [0.1, 0.15) is 36.9 Å². The van der Waals surface area contributed by atoms with E-state index in [0.717, 1.165) is 29.4 Å². The number of nitrogens with zero attached hydrogens (tertiary/aromatic N) is 2. The third kappa shape index (κ3) is 3.32. The quantitative estimate of drug-likeness (QED) is 0.837. The van der Waals surface area contributed by atoms with Crippen LogP contribution in [0.4, 0.5) is 4.39 Å². The fourth-order valence-corrected chi connectivity index (χ4v) is 2.52. The number of benzene rings is 1. The Balaban J connectivity index is 2.04. The monoisotopic (exact) mass is 265 g/mol. The normalized spacial score (nSPS) is 12.6. The lowest BCUT2D eigenvalue weighted by atomic mass is 10.2. The molecule has 0 amide bonds. The van der Waals surface area contributed by atoms with E-state index in [2.05, 4.69) is 22.1 Å². The SMILES string of the molecule is CCCc1nc(S[C@@H](C)c2cccc(F)c2)n[nH]1. The van der Waals surface area contributed by atoms with Crippen LogP contribution in [0, 0.1) is 5.82 Å². The number of aryl methyl sites for hydroxylation is 1. The topological polar surface area (TPSA) is 41.6 Å². The van der Waals surface area contributed by atoms with Crippen LogP contribution in [0.15, 0.2) is 29.4 Å². The number of aromatic amines is 1. The van der Waals surface area contributed by atoms with Crippen molar-refractivity contribution >= 4 is 11.8 Å². The summed E-state index contributed by atoms with van der Waals surface area (Å²) in [5.41, 5.74) is 0.946. The Hall–Kier alpha value is -1.36. The lowest BCUT2D eigenvalue weighted by molar-refractivity contribution is 0.625. The molecule has 3 nitrogen and oxygen atoms in total. The highest BCUT2D eigenvalue weighted by molar-refractivity contribution is 7.99. The van der Waals surface area contributed by atoms with Crippen LogP contribution >= 0.6 is 11.8 Å².